The van der Waals surface area contributed by atoms with Crippen molar-refractivity contribution in [1.29, 1.82) is 0 Å². The van der Waals surface area contributed by atoms with Gasteiger partial charge in [-0.1, -0.05) is 41.5 Å². The first kappa shape index (κ1) is 24.2. The van der Waals surface area contributed by atoms with Crippen molar-refractivity contribution >= 4 is 7.60 Å². The maximum atomic E-state index is 13.5. The van der Waals surface area contributed by atoms with E-state index in [4.69, 9.17) is 13.8 Å². The van der Waals surface area contributed by atoms with Gasteiger partial charge in [0.2, 0.25) is 0 Å². The molecule has 156 valence electrons. The topological polar surface area (TPSA) is 65.0 Å². The van der Waals surface area contributed by atoms with Gasteiger partial charge in [-0.15, -0.1) is 0 Å². The van der Waals surface area contributed by atoms with Crippen molar-refractivity contribution in [1.82, 2.24) is 0 Å². The fraction of sp³-hybridized carbons (Fsp3) is 0.714. The third kappa shape index (κ3) is 5.80. The summed E-state index contributed by atoms with van der Waals surface area (Å²) in [7, 11) is -3.53. The van der Waals surface area contributed by atoms with E-state index in [1.807, 2.05) is 60.6 Å². The maximum absolute atomic E-state index is 13.5. The molecule has 1 N–H and O–H groups in total. The molecule has 6 heteroatoms. The summed E-state index contributed by atoms with van der Waals surface area (Å²) < 4.78 is 30.5. The zero-order valence-electron chi connectivity index (χ0n) is 18.4. The Kier molecular flexibility index (Phi) is 8.13. The predicted molar refractivity (Wildman–Crippen MR) is 111 cm³/mol. The van der Waals surface area contributed by atoms with E-state index >= 15 is 0 Å². The van der Waals surface area contributed by atoms with Crippen LogP contribution in [0.4, 0.5) is 0 Å². The zero-order valence-corrected chi connectivity index (χ0v) is 19.3. The van der Waals surface area contributed by atoms with E-state index in [0.29, 0.717) is 12.2 Å². The highest BCUT2D eigenvalue weighted by Crippen LogP contribution is 2.62. The van der Waals surface area contributed by atoms with E-state index < -0.39 is 13.4 Å². The first-order chi connectivity index (χ1) is 12.3. The second kappa shape index (κ2) is 9.09. The maximum Gasteiger partial charge on any atom is 0.363 e. The molecule has 0 spiro atoms. The molecule has 0 radical (unpaired) electrons. The Morgan fingerprint density at radius 3 is 1.59 bits per heavy atom. The zero-order chi connectivity index (χ0) is 21.0. The standard InChI is InChI=1S/C21H37O5P/c1-10-24-19(27(23,25-11-2)26-12-3)15-13-16(20(4,5)6)18(22)17(14-15)21(7,8)9/h13-14,19,22H,10-12H2,1-9H3/t19-/m0/s1. The highest BCUT2D eigenvalue weighted by molar-refractivity contribution is 7.54. The highest BCUT2D eigenvalue weighted by Gasteiger charge is 2.39. The van der Waals surface area contributed by atoms with Crippen LogP contribution in [0.25, 0.3) is 0 Å². The minimum Gasteiger partial charge on any atom is -0.507 e. The average Bonchev–Trinajstić information content (AvgIpc) is 2.51. The lowest BCUT2D eigenvalue weighted by Crippen LogP contribution is -2.19. The van der Waals surface area contributed by atoms with Crippen LogP contribution in [0, 0.1) is 0 Å². The number of phenolic OH excluding ortho intramolecular Hbond substituents is 1. The molecule has 0 saturated heterocycles. The average molecular weight is 400 g/mol. The van der Waals surface area contributed by atoms with Crippen LogP contribution in [0.15, 0.2) is 12.1 Å². The van der Waals surface area contributed by atoms with Gasteiger partial charge in [0.15, 0.2) is 5.85 Å². The van der Waals surface area contributed by atoms with Crippen LogP contribution in [0.3, 0.4) is 0 Å². The molecule has 27 heavy (non-hydrogen) atoms. The highest BCUT2D eigenvalue weighted by atomic mass is 31.2. The van der Waals surface area contributed by atoms with E-state index in [-0.39, 0.29) is 29.8 Å². The molecular formula is C21H37O5P. The second-order valence-corrected chi connectivity index (χ2v) is 10.7. The molecule has 5 nitrogen and oxygen atoms in total. The second-order valence-electron chi connectivity index (χ2n) is 8.65. The molecule has 0 amide bonds. The summed E-state index contributed by atoms with van der Waals surface area (Å²) in [4.78, 5) is 0. The van der Waals surface area contributed by atoms with E-state index in [1.54, 1.807) is 13.8 Å². The van der Waals surface area contributed by atoms with Crippen LogP contribution in [-0.4, -0.2) is 24.9 Å². The number of hydrogen-bond donors (Lipinski definition) is 1. The summed E-state index contributed by atoms with van der Waals surface area (Å²) in [6.07, 6.45) is 0. The molecule has 1 atom stereocenters. The predicted octanol–water partition coefficient (Wildman–Crippen LogP) is 6.29. The third-order valence-electron chi connectivity index (χ3n) is 4.26. The fourth-order valence-corrected chi connectivity index (χ4v) is 4.91. The molecule has 0 bridgehead atoms. The minimum atomic E-state index is -3.53. The van der Waals surface area contributed by atoms with E-state index in [2.05, 4.69) is 0 Å². The molecule has 0 fully saturated rings. The summed E-state index contributed by atoms with van der Waals surface area (Å²) in [6, 6.07) is 3.74. The summed E-state index contributed by atoms with van der Waals surface area (Å²) in [5.74, 6) is -0.568. The molecule has 1 aromatic rings. The lowest BCUT2D eigenvalue weighted by Gasteiger charge is -2.31. The Bertz CT molecular complexity index is 625. The smallest absolute Gasteiger partial charge is 0.363 e. The summed E-state index contributed by atoms with van der Waals surface area (Å²) in [5.41, 5.74) is 1.69. The van der Waals surface area contributed by atoms with Gasteiger partial charge >= 0.3 is 7.60 Å². The molecular weight excluding hydrogens is 363 g/mol. The third-order valence-corrected chi connectivity index (χ3v) is 6.52. The molecule has 0 heterocycles. The lowest BCUT2D eigenvalue weighted by atomic mass is 9.78. The van der Waals surface area contributed by atoms with Crippen molar-refractivity contribution in [3.8, 4) is 5.75 Å². The van der Waals surface area contributed by atoms with Gasteiger partial charge in [0, 0.05) is 6.61 Å². The summed E-state index contributed by atoms with van der Waals surface area (Å²) >= 11 is 0. The Hall–Kier alpha value is -0.870. The van der Waals surface area contributed by atoms with Crippen molar-refractivity contribution in [2.24, 2.45) is 0 Å². The van der Waals surface area contributed by atoms with Crippen molar-refractivity contribution in [3.63, 3.8) is 0 Å². The monoisotopic (exact) mass is 400 g/mol. The summed E-state index contributed by atoms with van der Waals surface area (Å²) in [5, 5.41) is 10.9. The van der Waals surface area contributed by atoms with Gasteiger partial charge in [-0.25, -0.2) is 0 Å². The Balaban J connectivity index is 3.75. The fourth-order valence-electron chi connectivity index (χ4n) is 3.00. The summed E-state index contributed by atoms with van der Waals surface area (Å²) in [6.45, 7) is 18.6. The molecule has 0 saturated carbocycles. The van der Waals surface area contributed by atoms with Crippen LogP contribution in [-0.2, 0) is 29.2 Å². The first-order valence-corrected chi connectivity index (χ1v) is 11.3. The number of rotatable bonds is 8. The van der Waals surface area contributed by atoms with Crippen LogP contribution in [0.5, 0.6) is 5.75 Å². The number of ether oxygens (including phenoxy) is 1. The largest absolute Gasteiger partial charge is 0.507 e. The molecule has 1 aromatic carbocycles. The van der Waals surface area contributed by atoms with Gasteiger partial charge in [-0.3, -0.25) is 4.57 Å². The van der Waals surface area contributed by atoms with Crippen LogP contribution >= 0.6 is 7.60 Å². The Labute approximate surface area is 165 Å². The van der Waals surface area contributed by atoms with Gasteiger partial charge in [0.1, 0.15) is 5.75 Å². The number of aromatic hydroxyl groups is 1. The van der Waals surface area contributed by atoms with Crippen molar-refractivity contribution in [2.75, 3.05) is 19.8 Å². The van der Waals surface area contributed by atoms with Gasteiger partial charge in [0.25, 0.3) is 0 Å². The molecule has 0 aliphatic rings. The van der Waals surface area contributed by atoms with E-state index in [0.717, 1.165) is 11.1 Å². The van der Waals surface area contributed by atoms with Crippen molar-refractivity contribution in [3.05, 3.63) is 28.8 Å². The van der Waals surface area contributed by atoms with Gasteiger partial charge in [0.05, 0.1) is 13.2 Å². The molecule has 0 aliphatic carbocycles. The van der Waals surface area contributed by atoms with Crippen LogP contribution in [0.2, 0.25) is 0 Å². The molecule has 0 aliphatic heterocycles. The first-order valence-electron chi connectivity index (χ1n) is 9.70. The number of phenols is 1. The van der Waals surface area contributed by atoms with Crippen LogP contribution < -0.4 is 0 Å². The molecule has 1 rings (SSSR count). The van der Waals surface area contributed by atoms with Gasteiger partial charge in [-0.05, 0) is 60.4 Å². The van der Waals surface area contributed by atoms with Crippen LogP contribution in [0.1, 0.15) is 84.8 Å². The van der Waals surface area contributed by atoms with Gasteiger partial charge < -0.3 is 18.9 Å². The Morgan fingerprint density at radius 1 is 0.889 bits per heavy atom. The normalized spacial score (nSPS) is 14.4. The minimum absolute atomic E-state index is 0.261. The SMILES string of the molecule is CCO[C@H](c1cc(C(C)(C)C)c(O)c(C(C)(C)C)c1)P(=O)(OCC)OCC. The van der Waals surface area contributed by atoms with Crippen molar-refractivity contribution < 1.29 is 23.5 Å². The van der Waals surface area contributed by atoms with E-state index in [1.165, 1.54) is 0 Å². The number of hydrogen-bond acceptors (Lipinski definition) is 5. The molecule has 0 unspecified atom stereocenters. The lowest BCUT2D eigenvalue weighted by molar-refractivity contribution is 0.0780. The number of benzene rings is 1. The van der Waals surface area contributed by atoms with Crippen molar-refractivity contribution in [2.45, 2.75) is 79.0 Å². The van der Waals surface area contributed by atoms with E-state index in [9.17, 15) is 9.67 Å². The quantitative estimate of drug-likeness (QED) is 0.520. The Morgan fingerprint density at radius 2 is 1.30 bits per heavy atom. The van der Waals surface area contributed by atoms with Gasteiger partial charge in [-0.2, -0.15) is 0 Å². The molecule has 0 aromatic heterocycles.